The normalized spacial score (nSPS) is 18.9. The Morgan fingerprint density at radius 3 is 1.81 bits per heavy atom. The summed E-state index contributed by atoms with van der Waals surface area (Å²) in [6.45, 7) is 14.4. The third kappa shape index (κ3) is 12.5. The Bertz CT molecular complexity index is 1440. The Hall–Kier alpha value is -3.51. The third-order valence-corrected chi connectivity index (χ3v) is 9.75. The van der Waals surface area contributed by atoms with E-state index in [0.717, 1.165) is 48.8 Å². The second kappa shape index (κ2) is 19.5. The van der Waals surface area contributed by atoms with Crippen LogP contribution in [0.3, 0.4) is 0 Å². The number of benzene rings is 3. The van der Waals surface area contributed by atoms with Crippen molar-refractivity contribution in [2.45, 2.75) is 78.3 Å². The highest BCUT2D eigenvalue weighted by atomic mass is 16.2. The lowest BCUT2D eigenvalue weighted by atomic mass is 10.0. The van der Waals surface area contributed by atoms with Gasteiger partial charge in [-0.25, -0.2) is 0 Å². The van der Waals surface area contributed by atoms with E-state index in [-0.39, 0.29) is 5.91 Å². The van der Waals surface area contributed by atoms with Gasteiger partial charge in [0, 0.05) is 37.3 Å². The van der Waals surface area contributed by atoms with Crippen LogP contribution < -0.4 is 5.32 Å². The van der Waals surface area contributed by atoms with Gasteiger partial charge in [0.15, 0.2) is 0 Å². The summed E-state index contributed by atoms with van der Waals surface area (Å²) < 4.78 is 0. The van der Waals surface area contributed by atoms with Crippen molar-refractivity contribution in [3.05, 3.63) is 118 Å². The van der Waals surface area contributed by atoms with E-state index in [1.165, 1.54) is 67.5 Å². The molecule has 0 saturated carbocycles. The molecule has 2 atom stereocenters. The maximum absolute atomic E-state index is 13.4. The predicted molar refractivity (Wildman–Crippen MR) is 205 cm³/mol. The van der Waals surface area contributed by atoms with E-state index in [0.29, 0.717) is 12.6 Å². The van der Waals surface area contributed by atoms with Crippen molar-refractivity contribution in [3.8, 4) is 0 Å². The van der Waals surface area contributed by atoms with Crippen molar-refractivity contribution in [2.24, 2.45) is 0 Å². The summed E-state index contributed by atoms with van der Waals surface area (Å²) in [4.78, 5) is 20.4. The van der Waals surface area contributed by atoms with Crippen LogP contribution in [0, 0.1) is 13.8 Å². The lowest BCUT2D eigenvalue weighted by Gasteiger charge is -2.27. The van der Waals surface area contributed by atoms with E-state index in [2.05, 4.69) is 118 Å². The van der Waals surface area contributed by atoms with E-state index in [9.17, 15) is 4.79 Å². The third-order valence-electron chi connectivity index (χ3n) is 9.75. The van der Waals surface area contributed by atoms with Crippen LogP contribution in [0.5, 0.6) is 0 Å². The molecule has 0 aromatic heterocycles. The van der Waals surface area contributed by atoms with Crippen LogP contribution in [0.2, 0.25) is 0 Å². The molecule has 0 aliphatic carbocycles. The summed E-state index contributed by atoms with van der Waals surface area (Å²) in [7, 11) is 4.45. The van der Waals surface area contributed by atoms with Crippen molar-refractivity contribution < 1.29 is 4.79 Å². The molecule has 2 unspecified atom stereocenters. The summed E-state index contributed by atoms with van der Waals surface area (Å²) in [6, 6.07) is 28.4. The number of aryl methyl sites for hydroxylation is 2. The molecule has 48 heavy (non-hydrogen) atoms. The second-order valence-corrected chi connectivity index (χ2v) is 14.2. The van der Waals surface area contributed by atoms with E-state index in [4.69, 9.17) is 0 Å². The summed E-state index contributed by atoms with van der Waals surface area (Å²) >= 11 is 0. The highest BCUT2D eigenvalue weighted by molar-refractivity contribution is 5.94. The number of amides is 1. The van der Waals surface area contributed by atoms with Crippen LogP contribution in [-0.4, -0.2) is 86.1 Å². The fraction of sp³-hybridized carbons (Fsp3) is 0.465. The van der Waals surface area contributed by atoms with Crippen molar-refractivity contribution in [1.82, 2.24) is 20.0 Å². The average Bonchev–Trinajstić information content (AvgIpc) is 3.68. The van der Waals surface area contributed by atoms with Crippen LogP contribution in [0.15, 0.2) is 90.0 Å². The highest BCUT2D eigenvalue weighted by Crippen LogP contribution is 2.21. The molecule has 3 aromatic carbocycles. The van der Waals surface area contributed by atoms with Crippen molar-refractivity contribution in [2.75, 3.05) is 53.4 Å². The Morgan fingerprint density at radius 1 is 0.771 bits per heavy atom. The number of likely N-dealkylation sites (tertiary alicyclic amines) is 2. The molecular formula is C43H60N4O. The molecule has 2 saturated heterocycles. The van der Waals surface area contributed by atoms with Gasteiger partial charge in [-0.2, -0.15) is 0 Å². The minimum absolute atomic E-state index is 0.137. The first kappa shape index (κ1) is 37.3. The number of hydrogen-bond acceptors (Lipinski definition) is 4. The van der Waals surface area contributed by atoms with Gasteiger partial charge in [0.1, 0.15) is 0 Å². The standard InChI is InChI=1S/C26H34N2O.C17H26N2/c1-20-15-21(2)18-24(17-20)26(29)28(14-12-25-11-8-13-27(25)4)19-22(3)16-23-9-6-5-7-10-23;1-15(13-16-7-4-3-5-8-16)14-18-11-10-17-9-6-12-19(17)2/h5-7,9-10,15-18,25H,8,11-14,19H2,1-4H3;3-5,7-8,13,17-18H,6,9-12,14H2,1-2H3/b22-16+;15-13+. The van der Waals surface area contributed by atoms with Gasteiger partial charge in [-0.15, -0.1) is 0 Å². The first-order chi connectivity index (χ1) is 23.2. The van der Waals surface area contributed by atoms with Gasteiger partial charge in [0.05, 0.1) is 0 Å². The number of nitrogens with one attached hydrogen (secondary N) is 1. The first-order valence-corrected chi connectivity index (χ1v) is 18.1. The quantitative estimate of drug-likeness (QED) is 0.189. The zero-order valence-electron chi connectivity index (χ0n) is 30.6. The zero-order chi connectivity index (χ0) is 34.3. The minimum atomic E-state index is 0.137. The molecule has 2 fully saturated rings. The lowest BCUT2D eigenvalue weighted by molar-refractivity contribution is 0.0757. The Labute approximate surface area is 291 Å². The summed E-state index contributed by atoms with van der Waals surface area (Å²) in [5, 5.41) is 3.56. The maximum atomic E-state index is 13.4. The summed E-state index contributed by atoms with van der Waals surface area (Å²) in [5.74, 6) is 0.137. The van der Waals surface area contributed by atoms with Crippen molar-refractivity contribution >= 4 is 18.1 Å². The van der Waals surface area contributed by atoms with E-state index in [1.54, 1.807) is 0 Å². The summed E-state index contributed by atoms with van der Waals surface area (Å²) in [6.07, 6.45) is 12.0. The maximum Gasteiger partial charge on any atom is 0.254 e. The molecule has 3 aromatic rings. The molecule has 2 heterocycles. The van der Waals surface area contributed by atoms with Crippen molar-refractivity contribution in [1.29, 1.82) is 0 Å². The molecule has 5 rings (SSSR count). The molecular weight excluding hydrogens is 589 g/mol. The molecule has 1 N–H and O–H groups in total. The van der Waals surface area contributed by atoms with E-state index >= 15 is 0 Å². The van der Waals surface area contributed by atoms with Crippen LogP contribution in [0.25, 0.3) is 12.2 Å². The Morgan fingerprint density at radius 2 is 1.29 bits per heavy atom. The molecule has 2 aliphatic rings. The van der Waals surface area contributed by atoms with E-state index < -0.39 is 0 Å². The fourth-order valence-corrected chi connectivity index (χ4v) is 7.15. The highest BCUT2D eigenvalue weighted by Gasteiger charge is 2.24. The summed E-state index contributed by atoms with van der Waals surface area (Å²) in [5.41, 5.74) is 8.15. The largest absolute Gasteiger partial charge is 0.335 e. The predicted octanol–water partition coefficient (Wildman–Crippen LogP) is 8.50. The van der Waals surface area contributed by atoms with Crippen LogP contribution >= 0.6 is 0 Å². The minimum Gasteiger partial charge on any atom is -0.335 e. The molecule has 1 amide bonds. The molecule has 0 spiro atoms. The van der Waals surface area contributed by atoms with Gasteiger partial charge in [-0.05, 0) is 123 Å². The number of carbonyl (C=O) groups is 1. The number of carbonyl (C=O) groups excluding carboxylic acids is 1. The average molecular weight is 649 g/mol. The van der Waals surface area contributed by atoms with Gasteiger partial charge in [0.2, 0.25) is 0 Å². The monoisotopic (exact) mass is 648 g/mol. The van der Waals surface area contributed by atoms with Crippen LogP contribution in [0.1, 0.15) is 85.0 Å². The molecule has 5 heteroatoms. The number of hydrogen-bond donors (Lipinski definition) is 1. The van der Waals surface area contributed by atoms with Gasteiger partial charge < -0.3 is 20.0 Å². The number of nitrogens with zero attached hydrogens (tertiary/aromatic N) is 3. The zero-order valence-corrected chi connectivity index (χ0v) is 30.6. The van der Waals surface area contributed by atoms with Crippen LogP contribution in [0.4, 0.5) is 0 Å². The van der Waals surface area contributed by atoms with Gasteiger partial charge in [-0.1, -0.05) is 101 Å². The first-order valence-electron chi connectivity index (χ1n) is 18.1. The second-order valence-electron chi connectivity index (χ2n) is 14.2. The van der Waals surface area contributed by atoms with Crippen molar-refractivity contribution in [3.63, 3.8) is 0 Å². The topological polar surface area (TPSA) is 38.8 Å². The van der Waals surface area contributed by atoms with E-state index in [1.807, 2.05) is 35.2 Å². The molecule has 2 aliphatic heterocycles. The SMILES string of the molecule is C/C(=C\c1ccccc1)CN(CCC1CCCN1C)C(=O)c1cc(C)cc(C)c1.C/C(=C\c1ccccc1)CNCCC1CCCN1C. The molecule has 0 radical (unpaired) electrons. The molecule has 0 bridgehead atoms. The van der Waals surface area contributed by atoms with Crippen LogP contribution in [-0.2, 0) is 0 Å². The van der Waals surface area contributed by atoms with Gasteiger partial charge in [-0.3, -0.25) is 4.79 Å². The smallest absolute Gasteiger partial charge is 0.254 e. The molecule has 258 valence electrons. The van der Waals surface area contributed by atoms with Gasteiger partial charge >= 0.3 is 0 Å². The Balaban J connectivity index is 0.000000237. The fourth-order valence-electron chi connectivity index (χ4n) is 7.15. The molecule has 5 nitrogen and oxygen atoms in total. The lowest BCUT2D eigenvalue weighted by Crippen LogP contribution is -2.37. The van der Waals surface area contributed by atoms with Gasteiger partial charge in [0.25, 0.3) is 5.91 Å². The Kier molecular flexibility index (Phi) is 15.1. The number of rotatable bonds is 13.